The summed E-state index contributed by atoms with van der Waals surface area (Å²) in [6, 6.07) is 11.1. The maximum absolute atomic E-state index is 12.3. The predicted molar refractivity (Wildman–Crippen MR) is 116 cm³/mol. The first kappa shape index (κ1) is 20.6. The van der Waals surface area contributed by atoms with Crippen LogP contribution in [-0.4, -0.2) is 25.1 Å². The van der Waals surface area contributed by atoms with Crippen LogP contribution in [0.5, 0.6) is 11.5 Å². The van der Waals surface area contributed by atoms with Crippen molar-refractivity contribution in [3.8, 4) is 11.5 Å². The molecular weight excluding hydrogens is 490 g/mol. The van der Waals surface area contributed by atoms with E-state index >= 15 is 0 Å². The van der Waals surface area contributed by atoms with Crippen LogP contribution in [0.4, 0.5) is 0 Å². The molecule has 1 heterocycles. The number of aliphatic imine (C=N–C) groups is 1. The van der Waals surface area contributed by atoms with Gasteiger partial charge in [-0.05, 0) is 81.1 Å². The summed E-state index contributed by atoms with van der Waals surface area (Å²) >= 11 is 6.98. The zero-order chi connectivity index (χ0) is 20.1. The van der Waals surface area contributed by atoms with Gasteiger partial charge in [-0.1, -0.05) is 19.1 Å². The van der Waals surface area contributed by atoms with E-state index < -0.39 is 5.97 Å². The van der Waals surface area contributed by atoms with Crippen LogP contribution in [-0.2, 0) is 9.53 Å². The second-order valence-electron chi connectivity index (χ2n) is 5.93. The lowest BCUT2D eigenvalue weighted by molar-refractivity contribution is -0.129. The van der Waals surface area contributed by atoms with Crippen LogP contribution in [0, 0.1) is 0 Å². The zero-order valence-electron chi connectivity index (χ0n) is 15.5. The maximum Gasteiger partial charge on any atom is 0.363 e. The molecule has 1 aliphatic rings. The van der Waals surface area contributed by atoms with Crippen molar-refractivity contribution in [1.29, 1.82) is 0 Å². The largest absolute Gasteiger partial charge is 0.490 e. The van der Waals surface area contributed by atoms with E-state index in [0.717, 1.165) is 26.5 Å². The van der Waals surface area contributed by atoms with Gasteiger partial charge in [0.15, 0.2) is 17.2 Å². The number of benzene rings is 2. The predicted octanol–water partition coefficient (Wildman–Crippen LogP) is 5.74. The quantitative estimate of drug-likeness (QED) is 0.353. The third kappa shape index (κ3) is 4.64. The Labute approximate surface area is 180 Å². The first-order valence-electron chi connectivity index (χ1n) is 8.90. The molecule has 146 valence electrons. The number of nitrogens with zero attached hydrogens (tertiary/aromatic N) is 1. The summed E-state index contributed by atoms with van der Waals surface area (Å²) in [5, 5.41) is 0. The van der Waals surface area contributed by atoms with Gasteiger partial charge in [0.05, 0.1) is 23.2 Å². The molecule has 7 heteroatoms. The van der Waals surface area contributed by atoms with Crippen molar-refractivity contribution >= 4 is 49.8 Å². The van der Waals surface area contributed by atoms with E-state index in [1.165, 1.54) is 0 Å². The van der Waals surface area contributed by atoms with Crippen LogP contribution in [0.3, 0.4) is 0 Å². The molecule has 0 fully saturated rings. The summed E-state index contributed by atoms with van der Waals surface area (Å²) in [5.41, 5.74) is 1.70. The minimum atomic E-state index is -0.494. The van der Waals surface area contributed by atoms with Crippen LogP contribution < -0.4 is 9.47 Å². The maximum atomic E-state index is 12.3. The molecule has 0 bridgehead atoms. The molecule has 5 nitrogen and oxygen atoms in total. The smallest absolute Gasteiger partial charge is 0.363 e. The number of carbonyl (C=O) groups is 1. The Morgan fingerprint density at radius 1 is 1.11 bits per heavy atom. The average Bonchev–Trinajstić information content (AvgIpc) is 3.02. The second kappa shape index (κ2) is 9.39. The molecule has 0 saturated carbocycles. The Morgan fingerprint density at radius 2 is 1.89 bits per heavy atom. The summed E-state index contributed by atoms with van der Waals surface area (Å²) in [7, 11) is 0. The normalized spacial score (nSPS) is 14.8. The number of ether oxygens (including phenoxy) is 3. The van der Waals surface area contributed by atoms with Gasteiger partial charge in [-0.2, -0.15) is 0 Å². The van der Waals surface area contributed by atoms with Gasteiger partial charge in [0, 0.05) is 4.47 Å². The number of rotatable bonds is 7. The van der Waals surface area contributed by atoms with Gasteiger partial charge in [0.2, 0.25) is 5.90 Å². The van der Waals surface area contributed by atoms with E-state index in [2.05, 4.69) is 36.9 Å². The van der Waals surface area contributed by atoms with E-state index in [4.69, 9.17) is 14.2 Å². The van der Waals surface area contributed by atoms with Gasteiger partial charge in [-0.15, -0.1) is 0 Å². The van der Waals surface area contributed by atoms with E-state index in [0.29, 0.717) is 24.7 Å². The van der Waals surface area contributed by atoms with E-state index in [1.54, 1.807) is 6.08 Å². The van der Waals surface area contributed by atoms with Crippen molar-refractivity contribution < 1.29 is 19.0 Å². The highest BCUT2D eigenvalue weighted by Gasteiger charge is 2.25. The highest BCUT2D eigenvalue weighted by molar-refractivity contribution is 9.10. The van der Waals surface area contributed by atoms with Crippen LogP contribution in [0.25, 0.3) is 6.08 Å². The van der Waals surface area contributed by atoms with Crippen LogP contribution in [0.1, 0.15) is 31.4 Å². The molecule has 0 atom stereocenters. The highest BCUT2D eigenvalue weighted by Crippen LogP contribution is 2.38. The minimum absolute atomic E-state index is 0.224. The Bertz CT molecular complexity index is 953. The van der Waals surface area contributed by atoms with Gasteiger partial charge < -0.3 is 14.2 Å². The van der Waals surface area contributed by atoms with Gasteiger partial charge in [-0.3, -0.25) is 0 Å². The van der Waals surface area contributed by atoms with E-state index in [-0.39, 0.29) is 11.6 Å². The van der Waals surface area contributed by atoms with E-state index in [1.807, 2.05) is 50.2 Å². The summed E-state index contributed by atoms with van der Waals surface area (Å²) < 4.78 is 18.4. The Balaban J connectivity index is 1.96. The molecule has 1 aliphatic heterocycles. The molecule has 0 radical (unpaired) electrons. The monoisotopic (exact) mass is 507 g/mol. The fraction of sp³-hybridized carbons (Fsp3) is 0.238. The lowest BCUT2D eigenvalue weighted by atomic mass is 10.1. The molecule has 28 heavy (non-hydrogen) atoms. The summed E-state index contributed by atoms with van der Waals surface area (Å²) in [6.45, 7) is 5.04. The van der Waals surface area contributed by atoms with Crippen LogP contribution in [0.2, 0.25) is 0 Å². The second-order valence-corrected chi connectivity index (χ2v) is 7.64. The third-order valence-electron chi connectivity index (χ3n) is 3.81. The highest BCUT2D eigenvalue weighted by atomic mass is 79.9. The molecule has 3 rings (SSSR count). The zero-order valence-corrected chi connectivity index (χ0v) is 18.7. The molecule has 2 aromatic rings. The summed E-state index contributed by atoms with van der Waals surface area (Å²) in [4.78, 5) is 16.7. The van der Waals surface area contributed by atoms with Crippen molar-refractivity contribution in [2.24, 2.45) is 4.99 Å². The molecule has 0 saturated heterocycles. The standard InChI is InChI=1S/C21H19Br2NO4/c1-3-9-27-19-16(23)10-13(12-18(19)26-4-2)11-17-21(25)28-20(24-17)14-7-5-6-8-15(14)22/h5-8,10-12H,3-4,9H2,1-2H3/b17-11-. The number of cyclic esters (lactones) is 1. The fourth-order valence-electron chi connectivity index (χ4n) is 2.60. The molecule has 2 aromatic carbocycles. The number of esters is 1. The number of halogens is 2. The van der Waals surface area contributed by atoms with Crippen molar-refractivity contribution in [2.45, 2.75) is 20.3 Å². The first-order chi connectivity index (χ1) is 13.5. The SMILES string of the molecule is CCCOc1c(Br)cc(/C=C2\N=C(c3ccccc3Br)OC2=O)cc1OCC. The van der Waals surface area contributed by atoms with Gasteiger partial charge >= 0.3 is 5.97 Å². The average molecular weight is 509 g/mol. The number of hydrogen-bond donors (Lipinski definition) is 0. The Morgan fingerprint density at radius 3 is 2.61 bits per heavy atom. The van der Waals surface area contributed by atoms with Crippen molar-refractivity contribution in [1.82, 2.24) is 0 Å². The minimum Gasteiger partial charge on any atom is -0.490 e. The molecule has 0 unspecified atom stereocenters. The summed E-state index contributed by atoms with van der Waals surface area (Å²) in [5.74, 6) is 1.04. The van der Waals surface area contributed by atoms with Gasteiger partial charge in [0.1, 0.15) is 0 Å². The Kier molecular flexibility index (Phi) is 6.91. The lowest BCUT2D eigenvalue weighted by Gasteiger charge is -2.14. The van der Waals surface area contributed by atoms with Crippen LogP contribution in [0.15, 0.2) is 56.0 Å². The first-order valence-corrected chi connectivity index (χ1v) is 10.5. The summed E-state index contributed by atoms with van der Waals surface area (Å²) in [6.07, 6.45) is 2.56. The Hall–Kier alpha value is -2.12. The molecule has 0 amide bonds. The van der Waals surface area contributed by atoms with Crippen molar-refractivity contribution in [2.75, 3.05) is 13.2 Å². The van der Waals surface area contributed by atoms with E-state index in [9.17, 15) is 4.79 Å². The molecular formula is C21H19Br2NO4. The van der Waals surface area contributed by atoms with Crippen molar-refractivity contribution in [3.63, 3.8) is 0 Å². The third-order valence-corrected chi connectivity index (χ3v) is 5.09. The molecule has 0 N–H and O–H groups in total. The topological polar surface area (TPSA) is 57.1 Å². The molecule has 0 aliphatic carbocycles. The van der Waals surface area contributed by atoms with Crippen molar-refractivity contribution in [3.05, 3.63) is 62.2 Å². The lowest BCUT2D eigenvalue weighted by Crippen LogP contribution is -2.06. The number of carbonyl (C=O) groups excluding carboxylic acids is 1. The fourth-order valence-corrected chi connectivity index (χ4v) is 3.62. The van der Waals surface area contributed by atoms with Gasteiger partial charge in [0.25, 0.3) is 0 Å². The molecule has 0 aromatic heterocycles. The van der Waals surface area contributed by atoms with Gasteiger partial charge in [-0.25, -0.2) is 9.79 Å². The van der Waals surface area contributed by atoms with Crippen LogP contribution >= 0.6 is 31.9 Å². The number of hydrogen-bond acceptors (Lipinski definition) is 5. The molecule has 0 spiro atoms.